The molecule has 0 saturated carbocycles. The molecule has 0 atom stereocenters. The zero-order chi connectivity index (χ0) is 29.6. The van der Waals surface area contributed by atoms with E-state index in [-0.39, 0.29) is 0 Å². The SMILES string of the molecule is CCCc1cc(Nc2ncc(Br)c(Nc3ccc4nccnc4c3NSC)n2)c(OC)cc1N1CCC(N(C)C)CC1. The van der Waals surface area contributed by atoms with E-state index in [0.717, 1.165) is 77.1 Å². The van der Waals surface area contributed by atoms with Gasteiger partial charge in [0.25, 0.3) is 0 Å². The summed E-state index contributed by atoms with van der Waals surface area (Å²) in [5.41, 5.74) is 6.64. The molecule has 3 heterocycles. The van der Waals surface area contributed by atoms with E-state index in [9.17, 15) is 0 Å². The molecule has 1 fully saturated rings. The van der Waals surface area contributed by atoms with E-state index >= 15 is 0 Å². The van der Waals surface area contributed by atoms with Crippen LogP contribution in [0.5, 0.6) is 5.75 Å². The summed E-state index contributed by atoms with van der Waals surface area (Å²) in [6.07, 6.45) is 11.4. The van der Waals surface area contributed by atoms with E-state index in [2.05, 4.69) is 89.2 Å². The fourth-order valence-corrected chi connectivity index (χ4v) is 6.08. The monoisotopic (exact) mass is 651 g/mol. The summed E-state index contributed by atoms with van der Waals surface area (Å²) in [5, 5.41) is 6.87. The lowest BCUT2D eigenvalue weighted by atomic mass is 10.00. The molecule has 0 aliphatic carbocycles. The normalized spacial score (nSPS) is 13.9. The Kier molecular flexibility index (Phi) is 9.86. The van der Waals surface area contributed by atoms with Crippen molar-refractivity contribution in [3.63, 3.8) is 0 Å². The van der Waals surface area contributed by atoms with Crippen LogP contribution in [0.15, 0.2) is 47.3 Å². The van der Waals surface area contributed by atoms with Gasteiger partial charge in [-0.25, -0.2) is 4.98 Å². The minimum Gasteiger partial charge on any atom is -0.494 e. The standard InChI is InChI=1S/C30H38BrN9OS/c1-6-7-19-16-24(26(41-4)17-25(19)40-14-10-20(11-15-40)39(2)3)36-30-34-18-21(31)29(37-30)35-23-9-8-22-27(28(23)38-42-5)33-13-12-32-22/h8-9,12-13,16-18,20,38H,6-7,10-11,14-15H2,1-5H3,(H2,34,35,36,37). The van der Waals surface area contributed by atoms with Gasteiger partial charge in [-0.3, -0.25) is 9.97 Å². The molecule has 0 unspecified atom stereocenters. The number of hydrogen-bond donors (Lipinski definition) is 3. The van der Waals surface area contributed by atoms with Gasteiger partial charge in [-0.2, -0.15) is 4.98 Å². The van der Waals surface area contributed by atoms with Crippen molar-refractivity contribution in [3.05, 3.63) is 52.9 Å². The van der Waals surface area contributed by atoms with Gasteiger partial charge in [0.2, 0.25) is 5.95 Å². The van der Waals surface area contributed by atoms with Gasteiger partial charge in [0.1, 0.15) is 17.1 Å². The molecule has 0 amide bonds. The van der Waals surface area contributed by atoms with Crippen molar-refractivity contribution < 1.29 is 4.74 Å². The molecule has 0 radical (unpaired) electrons. The van der Waals surface area contributed by atoms with Crippen molar-refractivity contribution in [2.75, 3.05) is 60.8 Å². The number of hydrogen-bond acceptors (Lipinski definition) is 11. The molecule has 3 N–H and O–H groups in total. The third kappa shape index (κ3) is 6.66. The topological polar surface area (TPSA) is 103 Å². The van der Waals surface area contributed by atoms with E-state index in [1.807, 2.05) is 18.4 Å². The summed E-state index contributed by atoms with van der Waals surface area (Å²) in [5.74, 6) is 1.84. The van der Waals surface area contributed by atoms with Crippen LogP contribution >= 0.6 is 27.9 Å². The quantitative estimate of drug-likeness (QED) is 0.148. The zero-order valence-electron chi connectivity index (χ0n) is 24.7. The maximum absolute atomic E-state index is 5.87. The van der Waals surface area contributed by atoms with Gasteiger partial charge < -0.3 is 29.9 Å². The first-order valence-electron chi connectivity index (χ1n) is 14.1. The lowest BCUT2D eigenvalue weighted by Gasteiger charge is -2.37. The summed E-state index contributed by atoms with van der Waals surface area (Å²) in [6.45, 7) is 4.29. The first kappa shape index (κ1) is 30.1. The van der Waals surface area contributed by atoms with Crippen LogP contribution in [-0.2, 0) is 6.42 Å². The van der Waals surface area contributed by atoms with Crippen LogP contribution in [0.1, 0.15) is 31.7 Å². The number of anilines is 6. The number of fused-ring (bicyclic) bond motifs is 1. The van der Waals surface area contributed by atoms with Crippen molar-refractivity contribution in [2.45, 2.75) is 38.6 Å². The maximum Gasteiger partial charge on any atom is 0.229 e. The largest absolute Gasteiger partial charge is 0.494 e. The van der Waals surface area contributed by atoms with E-state index in [1.165, 1.54) is 23.2 Å². The fraction of sp³-hybridized carbons (Fsp3) is 0.400. The first-order chi connectivity index (χ1) is 20.4. The van der Waals surface area contributed by atoms with Crippen LogP contribution in [0.3, 0.4) is 0 Å². The second-order valence-corrected chi connectivity index (χ2v) is 11.9. The number of nitrogens with zero attached hydrogens (tertiary/aromatic N) is 6. The van der Waals surface area contributed by atoms with Crippen LogP contribution in [0, 0.1) is 0 Å². The molecule has 5 rings (SSSR count). The number of piperidine rings is 1. The predicted octanol–water partition coefficient (Wildman–Crippen LogP) is 6.85. The lowest BCUT2D eigenvalue weighted by molar-refractivity contribution is 0.249. The third-order valence-corrected chi connectivity index (χ3v) is 8.53. The molecule has 10 nitrogen and oxygen atoms in total. The lowest BCUT2D eigenvalue weighted by Crippen LogP contribution is -2.42. The van der Waals surface area contributed by atoms with Crippen LogP contribution in [0.2, 0.25) is 0 Å². The average Bonchev–Trinajstić information content (AvgIpc) is 3.00. The number of aryl methyl sites for hydroxylation is 1. The first-order valence-corrected chi connectivity index (χ1v) is 16.1. The van der Waals surface area contributed by atoms with E-state index in [1.54, 1.807) is 25.7 Å². The van der Waals surface area contributed by atoms with Crippen molar-refractivity contribution in [1.82, 2.24) is 24.8 Å². The number of nitrogens with one attached hydrogen (secondary N) is 3. The molecule has 42 heavy (non-hydrogen) atoms. The van der Waals surface area contributed by atoms with Crippen molar-refractivity contribution in [2.24, 2.45) is 0 Å². The molecule has 2 aromatic heterocycles. The van der Waals surface area contributed by atoms with Crippen molar-refractivity contribution in [3.8, 4) is 5.75 Å². The van der Waals surface area contributed by atoms with Gasteiger partial charge in [-0.15, -0.1) is 0 Å². The van der Waals surface area contributed by atoms with Crippen molar-refractivity contribution >= 4 is 73.4 Å². The number of benzene rings is 2. The molecular weight excluding hydrogens is 614 g/mol. The average molecular weight is 653 g/mol. The van der Waals surface area contributed by atoms with E-state index in [4.69, 9.17) is 9.72 Å². The third-order valence-electron chi connectivity index (χ3n) is 7.54. The Balaban J connectivity index is 1.43. The summed E-state index contributed by atoms with van der Waals surface area (Å²) in [6, 6.07) is 8.90. The van der Waals surface area contributed by atoms with Crippen LogP contribution in [0.4, 0.5) is 34.5 Å². The molecule has 1 aliphatic rings. The highest BCUT2D eigenvalue weighted by Crippen LogP contribution is 2.38. The number of rotatable bonds is 11. The molecule has 12 heteroatoms. The molecule has 0 spiro atoms. The molecule has 0 bridgehead atoms. The van der Waals surface area contributed by atoms with E-state index < -0.39 is 0 Å². The highest BCUT2D eigenvalue weighted by atomic mass is 79.9. The number of ether oxygens (including phenoxy) is 1. The van der Waals surface area contributed by atoms with Crippen LogP contribution in [0.25, 0.3) is 11.0 Å². The Labute approximate surface area is 260 Å². The maximum atomic E-state index is 5.87. The van der Waals surface area contributed by atoms with Gasteiger partial charge in [0.15, 0.2) is 0 Å². The van der Waals surface area contributed by atoms with E-state index in [0.29, 0.717) is 17.8 Å². The van der Waals surface area contributed by atoms with Gasteiger partial charge in [-0.1, -0.05) is 25.3 Å². The summed E-state index contributed by atoms with van der Waals surface area (Å²) >= 11 is 5.10. The molecule has 4 aromatic rings. The fourth-order valence-electron chi connectivity index (χ4n) is 5.38. The molecular formula is C30H38BrN9OS. The zero-order valence-corrected chi connectivity index (χ0v) is 27.1. The van der Waals surface area contributed by atoms with Gasteiger partial charge >= 0.3 is 0 Å². The summed E-state index contributed by atoms with van der Waals surface area (Å²) in [4.78, 5) is 23.2. The Morgan fingerprint density at radius 1 is 1.07 bits per heavy atom. The van der Waals surface area contributed by atoms with Gasteiger partial charge in [0.05, 0.1) is 34.2 Å². The molecule has 1 aliphatic heterocycles. The van der Waals surface area contributed by atoms with Crippen molar-refractivity contribution in [1.29, 1.82) is 0 Å². The van der Waals surface area contributed by atoms with Crippen LogP contribution < -0.4 is 25.0 Å². The molecule has 1 saturated heterocycles. The number of methoxy groups -OCH3 is 1. The minimum absolute atomic E-state index is 0.459. The number of halogens is 1. The second-order valence-electron chi connectivity index (χ2n) is 10.5. The smallest absolute Gasteiger partial charge is 0.229 e. The Morgan fingerprint density at radius 2 is 1.86 bits per heavy atom. The second kappa shape index (κ2) is 13.7. The highest BCUT2D eigenvalue weighted by molar-refractivity contribution is 9.10. The predicted molar refractivity (Wildman–Crippen MR) is 179 cm³/mol. The Hall–Kier alpha value is -3.35. The summed E-state index contributed by atoms with van der Waals surface area (Å²) < 4.78 is 9.95. The molecule has 2 aromatic carbocycles. The minimum atomic E-state index is 0.459. The van der Waals surface area contributed by atoms with Gasteiger partial charge in [0, 0.05) is 55.7 Å². The summed E-state index contributed by atoms with van der Waals surface area (Å²) in [7, 11) is 6.06. The number of aromatic nitrogens is 4. The Bertz CT molecular complexity index is 1530. The highest BCUT2D eigenvalue weighted by Gasteiger charge is 2.24. The Morgan fingerprint density at radius 3 is 2.57 bits per heavy atom. The van der Waals surface area contributed by atoms with Gasteiger partial charge in [-0.05, 0) is 73.1 Å². The van der Waals surface area contributed by atoms with Crippen LogP contribution in [-0.4, -0.2) is 71.4 Å². The molecule has 222 valence electrons.